The van der Waals surface area contributed by atoms with E-state index in [-0.39, 0.29) is 14.4 Å². The highest BCUT2D eigenvalue weighted by molar-refractivity contribution is 9.10. The zero-order valence-electron chi connectivity index (χ0n) is 12.7. The van der Waals surface area contributed by atoms with Gasteiger partial charge in [-0.3, -0.25) is 14.2 Å². The van der Waals surface area contributed by atoms with E-state index in [1.54, 1.807) is 18.2 Å². The molecule has 3 rings (SSSR count). The maximum Gasteiger partial charge on any atom is 0.327 e. The van der Waals surface area contributed by atoms with Gasteiger partial charge in [0, 0.05) is 9.69 Å². The summed E-state index contributed by atoms with van der Waals surface area (Å²) in [5.74, 6) is -3.99. The molecule has 134 valence electrons. The zero-order valence-corrected chi connectivity index (χ0v) is 15.9. The van der Waals surface area contributed by atoms with Crippen LogP contribution in [-0.2, 0) is 14.4 Å². The fraction of sp³-hybridized carbons (Fsp3) is 0.133. The van der Waals surface area contributed by atoms with Gasteiger partial charge in [-0.25, -0.2) is 9.79 Å². The first-order valence-electron chi connectivity index (χ1n) is 7.03. The first-order valence-corrected chi connectivity index (χ1v) is 9.04. The number of aliphatic carboxylic acids is 2. The number of aromatic hydroxyl groups is 1. The maximum absolute atomic E-state index is 12.3. The second kappa shape index (κ2) is 6.74. The summed E-state index contributed by atoms with van der Waals surface area (Å²) in [6.45, 7) is 0. The number of amides is 1. The van der Waals surface area contributed by atoms with E-state index in [4.69, 9.17) is 17.3 Å². The molecule has 0 spiro atoms. The van der Waals surface area contributed by atoms with Crippen molar-refractivity contribution < 1.29 is 29.7 Å². The van der Waals surface area contributed by atoms with Gasteiger partial charge in [0.05, 0.1) is 17.4 Å². The molecule has 8 nitrogen and oxygen atoms in total. The lowest BCUT2D eigenvalue weighted by atomic mass is 10.1. The average Bonchev–Trinajstić information content (AvgIpc) is 3.00. The fourth-order valence-electron chi connectivity index (χ4n) is 2.58. The number of carboxylic acid groups (broad SMARTS) is 2. The molecule has 0 fully saturated rings. The molecule has 1 atom stereocenters. The summed E-state index contributed by atoms with van der Waals surface area (Å²) in [7, 11) is 0. The van der Waals surface area contributed by atoms with E-state index in [0.717, 1.165) is 15.9 Å². The molecule has 0 aliphatic carbocycles. The topological polar surface area (TPSA) is 129 Å². The van der Waals surface area contributed by atoms with Gasteiger partial charge in [-0.2, -0.15) is 0 Å². The van der Waals surface area contributed by atoms with Gasteiger partial charge in [0.2, 0.25) is 5.88 Å². The van der Waals surface area contributed by atoms with Crippen molar-refractivity contribution in [3.63, 3.8) is 0 Å². The van der Waals surface area contributed by atoms with Gasteiger partial charge in [0.25, 0.3) is 5.91 Å². The molecule has 0 radical (unpaired) electrons. The van der Waals surface area contributed by atoms with Crippen LogP contribution in [0.25, 0.3) is 5.57 Å². The second-order valence-corrected chi connectivity index (χ2v) is 7.86. The van der Waals surface area contributed by atoms with Gasteiger partial charge in [0.15, 0.2) is 3.95 Å². The van der Waals surface area contributed by atoms with Crippen LogP contribution in [0.3, 0.4) is 0 Å². The van der Waals surface area contributed by atoms with Gasteiger partial charge < -0.3 is 15.3 Å². The average molecular weight is 457 g/mol. The van der Waals surface area contributed by atoms with Crippen molar-refractivity contribution in [1.82, 2.24) is 4.57 Å². The Morgan fingerprint density at radius 3 is 2.65 bits per heavy atom. The minimum absolute atomic E-state index is 0.0530. The SMILES string of the molecule is O=C(O)CC(C(=O)O)n1c(O)c(C2=c3cc(Br)ccc3=NC2=O)sc1=S. The van der Waals surface area contributed by atoms with Crippen molar-refractivity contribution in [2.45, 2.75) is 12.5 Å². The van der Waals surface area contributed by atoms with E-state index in [9.17, 15) is 24.6 Å². The molecule has 0 saturated heterocycles. The molecule has 1 amide bonds. The van der Waals surface area contributed by atoms with E-state index in [1.807, 2.05) is 0 Å². The smallest absolute Gasteiger partial charge is 0.327 e. The minimum Gasteiger partial charge on any atom is -0.493 e. The van der Waals surface area contributed by atoms with E-state index in [2.05, 4.69) is 20.9 Å². The van der Waals surface area contributed by atoms with E-state index >= 15 is 0 Å². The molecule has 2 aromatic rings. The van der Waals surface area contributed by atoms with E-state index < -0.39 is 36.2 Å². The number of halogens is 1. The predicted octanol–water partition coefficient (Wildman–Crippen LogP) is 1.21. The summed E-state index contributed by atoms with van der Waals surface area (Å²) in [6, 6.07) is 3.39. The zero-order chi connectivity index (χ0) is 19.2. The van der Waals surface area contributed by atoms with Gasteiger partial charge in [0.1, 0.15) is 10.9 Å². The third kappa shape index (κ3) is 3.08. The Hall–Kier alpha value is -2.37. The third-order valence-corrected chi connectivity index (χ3v) is 5.57. The Balaban J connectivity index is 2.27. The van der Waals surface area contributed by atoms with Crippen LogP contribution in [0, 0.1) is 3.95 Å². The van der Waals surface area contributed by atoms with Gasteiger partial charge in [-0.05, 0) is 30.4 Å². The molecule has 26 heavy (non-hydrogen) atoms. The highest BCUT2D eigenvalue weighted by Gasteiger charge is 2.31. The molecule has 1 aromatic carbocycles. The van der Waals surface area contributed by atoms with Crippen molar-refractivity contribution in [3.05, 3.63) is 42.1 Å². The molecule has 1 unspecified atom stereocenters. The summed E-state index contributed by atoms with van der Waals surface area (Å²) in [6.07, 6.45) is -0.775. The fourth-order valence-corrected chi connectivity index (χ4v) is 4.38. The highest BCUT2D eigenvalue weighted by atomic mass is 79.9. The van der Waals surface area contributed by atoms with Crippen molar-refractivity contribution in [2.75, 3.05) is 0 Å². The van der Waals surface area contributed by atoms with Crippen LogP contribution < -0.4 is 10.6 Å². The summed E-state index contributed by atoms with van der Waals surface area (Å²) in [5, 5.41) is 29.7. The number of benzene rings is 1. The molecular weight excluding hydrogens is 448 g/mol. The largest absolute Gasteiger partial charge is 0.493 e. The van der Waals surface area contributed by atoms with Crippen molar-refractivity contribution in [1.29, 1.82) is 0 Å². The van der Waals surface area contributed by atoms with Gasteiger partial charge >= 0.3 is 11.9 Å². The number of hydrogen-bond acceptors (Lipinski definition) is 6. The number of thiazole rings is 1. The number of aromatic nitrogens is 1. The lowest BCUT2D eigenvalue weighted by Gasteiger charge is -2.13. The first kappa shape index (κ1) is 18.4. The first-order chi connectivity index (χ1) is 12.2. The van der Waals surface area contributed by atoms with E-state index in [1.165, 1.54) is 0 Å². The van der Waals surface area contributed by atoms with Crippen molar-refractivity contribution in [3.8, 4) is 5.88 Å². The Kier molecular flexibility index (Phi) is 4.78. The molecule has 0 bridgehead atoms. The van der Waals surface area contributed by atoms with Gasteiger partial charge in [-0.15, -0.1) is 11.3 Å². The Labute approximate surface area is 162 Å². The molecule has 1 aromatic heterocycles. The minimum atomic E-state index is -1.60. The standard InChI is InChI=1S/C15H9BrN2O6S2/c16-5-1-2-7-6(3-5)10(12(21)17-7)11-13(22)18(15(25)26-11)8(14(23)24)4-9(19)20/h1-3,8,22H,4H2,(H,19,20)(H,23,24). The Morgan fingerprint density at radius 2 is 2.04 bits per heavy atom. The number of rotatable bonds is 5. The number of carboxylic acids is 2. The normalized spacial score (nSPS) is 14.0. The summed E-state index contributed by atoms with van der Waals surface area (Å²) >= 11 is 9.23. The third-order valence-electron chi connectivity index (χ3n) is 3.67. The summed E-state index contributed by atoms with van der Waals surface area (Å²) < 4.78 is 1.47. The number of carbonyl (C=O) groups is 3. The Morgan fingerprint density at radius 1 is 1.35 bits per heavy atom. The molecule has 1 aliphatic heterocycles. The summed E-state index contributed by atoms with van der Waals surface area (Å²) in [4.78, 5) is 38.7. The number of hydrogen-bond donors (Lipinski definition) is 3. The van der Waals surface area contributed by atoms with Crippen LogP contribution >= 0.6 is 39.5 Å². The van der Waals surface area contributed by atoms with Crippen LogP contribution in [0.5, 0.6) is 5.88 Å². The lowest BCUT2D eigenvalue weighted by Crippen LogP contribution is -2.23. The van der Waals surface area contributed by atoms with Crippen molar-refractivity contribution >= 4 is 62.9 Å². The van der Waals surface area contributed by atoms with Gasteiger partial charge in [-0.1, -0.05) is 15.9 Å². The second-order valence-electron chi connectivity index (χ2n) is 5.30. The van der Waals surface area contributed by atoms with Crippen molar-refractivity contribution in [2.24, 2.45) is 4.99 Å². The molecule has 1 aliphatic rings. The lowest BCUT2D eigenvalue weighted by molar-refractivity contribution is -0.147. The van der Waals surface area contributed by atoms with Crippen LogP contribution in [-0.4, -0.2) is 37.7 Å². The molecule has 11 heteroatoms. The quantitative estimate of drug-likeness (QED) is 0.576. The molecule has 0 saturated carbocycles. The highest BCUT2D eigenvalue weighted by Crippen LogP contribution is 2.36. The Bertz CT molecular complexity index is 1150. The van der Waals surface area contributed by atoms with Crippen LogP contribution in [0.1, 0.15) is 17.3 Å². The number of nitrogens with zero attached hydrogens (tertiary/aromatic N) is 2. The van der Waals surface area contributed by atoms with Crippen LogP contribution in [0.2, 0.25) is 0 Å². The van der Waals surface area contributed by atoms with Crippen LogP contribution in [0.15, 0.2) is 27.7 Å². The summed E-state index contributed by atoms with van der Waals surface area (Å²) in [5.41, 5.74) is 0.0908. The number of fused-ring (bicyclic) bond motifs is 1. The molecule has 2 heterocycles. The maximum atomic E-state index is 12.3. The van der Waals surface area contributed by atoms with Crippen LogP contribution in [0.4, 0.5) is 0 Å². The molecular formula is C15H9BrN2O6S2. The number of carbonyl (C=O) groups excluding carboxylic acids is 1. The molecule has 3 N–H and O–H groups in total. The predicted molar refractivity (Wildman–Crippen MR) is 96.2 cm³/mol. The van der Waals surface area contributed by atoms with E-state index in [0.29, 0.717) is 15.0 Å². The monoisotopic (exact) mass is 456 g/mol.